The van der Waals surface area contributed by atoms with Gasteiger partial charge in [0, 0.05) is 38.2 Å². The van der Waals surface area contributed by atoms with Gasteiger partial charge in [0.1, 0.15) is 89.6 Å². The fraction of sp³-hybridized carbons (Fsp3) is 0. The summed E-state index contributed by atoms with van der Waals surface area (Å²) in [6.07, 6.45) is 0. The molecule has 0 aliphatic rings. The molecule has 6 aromatic carbocycles. The zero-order valence-corrected chi connectivity index (χ0v) is 32.8. The molecule has 0 atom stereocenters. The van der Waals surface area contributed by atoms with Crippen LogP contribution in [0.25, 0.3) is 83.6 Å². The minimum absolute atomic E-state index is 0.588. The fourth-order valence-corrected chi connectivity index (χ4v) is 8.72. The molecule has 3 heterocycles. The van der Waals surface area contributed by atoms with E-state index in [2.05, 4.69) is 168 Å². The Hall–Kier alpha value is -5.42. The predicted molar refractivity (Wildman–Crippen MR) is 260 cm³/mol. The number of furan rings is 1. The Morgan fingerprint density at radius 1 is 0.426 bits per heavy atom. The van der Waals surface area contributed by atoms with E-state index in [-0.39, 0.29) is 0 Å². The first-order valence-electron chi connectivity index (χ1n) is 18.8. The predicted octanol–water partition coefficient (Wildman–Crippen LogP) is -7.55. The van der Waals surface area contributed by atoms with Gasteiger partial charge in [0.25, 0.3) is 0 Å². The number of para-hydroxylation sites is 3. The molecular weight excluding hydrogens is 649 g/mol. The van der Waals surface area contributed by atoms with Crippen molar-refractivity contribution < 1.29 is 4.42 Å². The van der Waals surface area contributed by atoms with Crippen molar-refractivity contribution in [3.63, 3.8) is 0 Å². The summed E-state index contributed by atoms with van der Waals surface area (Å²) in [5, 5.41) is 4.49. The van der Waals surface area contributed by atoms with E-state index in [1.807, 2.05) is 0 Å². The number of hydrogen-bond acceptors (Lipinski definition) is 4. The van der Waals surface area contributed by atoms with Crippen LogP contribution < -0.4 is 54.6 Å². The average Bonchev–Trinajstić information content (AvgIpc) is 3.74. The van der Waals surface area contributed by atoms with Crippen molar-refractivity contribution in [3.8, 4) is 39.9 Å². The maximum Gasteiger partial charge on any atom is 0.238 e. The van der Waals surface area contributed by atoms with E-state index in [0.717, 1.165) is 60.4 Å². The highest BCUT2D eigenvalue weighted by Crippen LogP contribution is 2.37. The molecule has 9 aromatic rings. The van der Waals surface area contributed by atoms with Gasteiger partial charge in [-0.1, -0.05) is 82.5 Å². The largest absolute Gasteiger partial charge is 0.455 e. The molecule has 0 unspecified atom stereocenters. The highest BCUT2D eigenvalue weighted by molar-refractivity contribution is 6.70. The summed E-state index contributed by atoms with van der Waals surface area (Å²) in [4.78, 5) is 15.8. The minimum Gasteiger partial charge on any atom is -0.455 e. The van der Waals surface area contributed by atoms with Gasteiger partial charge in [-0.2, -0.15) is 9.97 Å². The Labute approximate surface area is 324 Å². The van der Waals surface area contributed by atoms with Gasteiger partial charge >= 0.3 is 0 Å². The van der Waals surface area contributed by atoms with Crippen LogP contribution in [0.5, 0.6) is 0 Å². The van der Waals surface area contributed by atoms with Gasteiger partial charge in [-0.3, -0.25) is 4.57 Å². The van der Waals surface area contributed by atoms with Gasteiger partial charge in [-0.25, -0.2) is 4.98 Å². The van der Waals surface area contributed by atoms with Crippen LogP contribution in [0, 0.1) is 0 Å². The molecule has 0 spiro atoms. The van der Waals surface area contributed by atoms with Crippen LogP contribution in [-0.4, -0.2) is 98.0 Å². The summed E-state index contributed by atoms with van der Waals surface area (Å²) in [5.74, 6) is 1.86. The maximum absolute atomic E-state index is 6.86. The van der Waals surface area contributed by atoms with Gasteiger partial charge in [-0.05, 0) is 29.8 Å². The monoisotopic (exact) mass is 684 g/mol. The Bertz CT molecular complexity index is 2970. The molecule has 0 bridgehead atoms. The first kappa shape index (κ1) is 34.4. The van der Waals surface area contributed by atoms with Crippen LogP contribution in [0.4, 0.5) is 0 Å². The third kappa shape index (κ3) is 4.97. The second kappa shape index (κ2) is 12.6. The number of benzene rings is 6. The van der Waals surface area contributed by atoms with Crippen LogP contribution in [0.15, 0.2) is 89.3 Å². The van der Waals surface area contributed by atoms with E-state index in [1.54, 1.807) is 0 Å². The molecule has 54 heavy (non-hydrogen) atoms. The van der Waals surface area contributed by atoms with Crippen LogP contribution in [0.2, 0.25) is 0 Å². The third-order valence-corrected chi connectivity index (χ3v) is 12.7. The number of fused-ring (bicyclic) bond motifs is 6. The Morgan fingerprint density at radius 2 is 0.926 bits per heavy atom. The molecule has 5 nitrogen and oxygen atoms in total. The molecule has 0 aliphatic heterocycles. The molecule has 15 heteroatoms. The molecule has 0 amide bonds. The minimum atomic E-state index is 0.588. The quantitative estimate of drug-likeness (QED) is 0.173. The van der Waals surface area contributed by atoms with E-state index < -0.39 is 0 Å². The molecule has 3 aromatic heterocycles. The highest BCUT2D eigenvalue weighted by Gasteiger charge is 2.23. The smallest absolute Gasteiger partial charge is 0.238 e. The van der Waals surface area contributed by atoms with Crippen molar-refractivity contribution in [2.75, 3.05) is 0 Å². The first-order chi connectivity index (χ1) is 26.0. The number of rotatable bonds is 4. The van der Waals surface area contributed by atoms with E-state index in [0.29, 0.717) is 17.6 Å². The fourth-order valence-electron chi connectivity index (χ4n) is 8.72. The lowest BCUT2D eigenvalue weighted by Crippen LogP contribution is -2.55. The number of hydrogen-bond donors (Lipinski definition) is 0. The van der Waals surface area contributed by atoms with Crippen LogP contribution >= 0.6 is 0 Å². The summed E-state index contributed by atoms with van der Waals surface area (Å²) in [6.45, 7) is 0. The Morgan fingerprint density at radius 3 is 1.52 bits per heavy atom. The standard InChI is InChI=1S/C39H34B10N4O/c40-26-24(27(41)31(45)34(48)30(26)44)20-9-5-8-19-18-13-12-15(14-23(18)54-36(19)20)37-50-38(25-28(42)32(46)35(49)33(47)29(25)43)52-39(51-37)53-21-10-3-1-6-16(21)17-7-2-4-11-22(17)53/h1-14H,40-49H2. The highest BCUT2D eigenvalue weighted by atomic mass is 16.3. The van der Waals surface area contributed by atoms with Gasteiger partial charge in [-0.15, -0.1) is 32.8 Å². The molecular formula is C39H34B10N4O. The van der Waals surface area contributed by atoms with Crippen molar-refractivity contribution >= 4 is 177 Å². The van der Waals surface area contributed by atoms with Crippen LogP contribution in [0.3, 0.4) is 0 Å². The van der Waals surface area contributed by atoms with E-state index in [9.17, 15) is 0 Å². The van der Waals surface area contributed by atoms with Gasteiger partial charge in [0.2, 0.25) is 5.95 Å². The van der Waals surface area contributed by atoms with Crippen molar-refractivity contribution in [1.29, 1.82) is 0 Å². The van der Waals surface area contributed by atoms with Gasteiger partial charge in [0.05, 0.1) is 11.0 Å². The van der Waals surface area contributed by atoms with Gasteiger partial charge < -0.3 is 4.42 Å². The maximum atomic E-state index is 6.86. The lowest BCUT2D eigenvalue weighted by atomic mass is 9.59. The lowest BCUT2D eigenvalue weighted by molar-refractivity contribution is 0.670. The molecule has 0 radical (unpaired) electrons. The van der Waals surface area contributed by atoms with E-state index in [1.165, 1.54) is 60.2 Å². The molecule has 0 saturated carbocycles. The zero-order chi connectivity index (χ0) is 37.7. The third-order valence-electron chi connectivity index (χ3n) is 12.7. The summed E-state index contributed by atoms with van der Waals surface area (Å²) >= 11 is 0. The average molecular weight is 683 g/mol. The molecule has 0 fully saturated rings. The first-order valence-corrected chi connectivity index (χ1v) is 18.8. The Kier molecular flexibility index (Phi) is 8.00. The number of nitrogens with zero attached hydrogens (tertiary/aromatic N) is 4. The van der Waals surface area contributed by atoms with Crippen LogP contribution in [-0.2, 0) is 0 Å². The van der Waals surface area contributed by atoms with Crippen molar-refractivity contribution in [2.24, 2.45) is 0 Å². The summed E-state index contributed by atoms with van der Waals surface area (Å²) in [6, 6.07) is 29.9. The molecule has 246 valence electrons. The van der Waals surface area contributed by atoms with Gasteiger partial charge in [0.15, 0.2) is 11.6 Å². The van der Waals surface area contributed by atoms with Crippen molar-refractivity contribution in [1.82, 2.24) is 19.5 Å². The normalized spacial score (nSPS) is 11.7. The summed E-state index contributed by atoms with van der Waals surface area (Å²) in [7, 11) is 22.1. The van der Waals surface area contributed by atoms with E-state index >= 15 is 0 Å². The molecule has 9 rings (SSSR count). The van der Waals surface area contributed by atoms with Crippen LogP contribution in [0.1, 0.15) is 0 Å². The number of aromatic nitrogens is 4. The summed E-state index contributed by atoms with van der Waals surface area (Å²) < 4.78 is 9.04. The van der Waals surface area contributed by atoms with E-state index in [4.69, 9.17) is 19.4 Å². The molecule has 0 N–H and O–H groups in total. The second-order valence-electron chi connectivity index (χ2n) is 15.1. The zero-order valence-electron chi connectivity index (χ0n) is 32.8. The summed E-state index contributed by atoms with van der Waals surface area (Å²) in [5.41, 5.74) is 21.0. The van der Waals surface area contributed by atoms with Crippen molar-refractivity contribution in [2.45, 2.75) is 0 Å². The van der Waals surface area contributed by atoms with Crippen molar-refractivity contribution in [3.05, 3.63) is 84.9 Å². The Balaban J connectivity index is 1.31. The molecule has 0 aliphatic carbocycles. The SMILES string of the molecule is Bc1c(B)c(B)c(-c2nc(-c3ccc4c(c3)oc3c(-c5c(B)c(B)c(B)c(B)c5B)cccc34)nc(-n3c4ccccc4c4ccccc43)n2)c(B)c1B. The molecule has 0 saturated heterocycles. The topological polar surface area (TPSA) is 56.7 Å². The lowest BCUT2D eigenvalue weighted by Gasteiger charge is -2.20. The second-order valence-corrected chi connectivity index (χ2v) is 15.1.